The molecule has 0 fully saturated rings. The van der Waals surface area contributed by atoms with Gasteiger partial charge in [-0.05, 0) is 51.5 Å². The Morgan fingerprint density at radius 1 is 1.38 bits per heavy atom. The van der Waals surface area contributed by atoms with Gasteiger partial charge in [0.25, 0.3) is 0 Å². The van der Waals surface area contributed by atoms with E-state index in [1.54, 1.807) is 12.1 Å². The lowest BCUT2D eigenvalue weighted by molar-refractivity contribution is 0.385. The Morgan fingerprint density at radius 2 is 2.10 bits per heavy atom. The van der Waals surface area contributed by atoms with Gasteiger partial charge in [0.05, 0.1) is 7.11 Å². The summed E-state index contributed by atoms with van der Waals surface area (Å²) in [6, 6.07) is 5.02. The molecule has 3 heteroatoms. The van der Waals surface area contributed by atoms with Crippen LogP contribution in [-0.2, 0) is 0 Å². The molecule has 0 saturated heterocycles. The summed E-state index contributed by atoms with van der Waals surface area (Å²) in [6.45, 7) is 8.98. The van der Waals surface area contributed by atoms with E-state index >= 15 is 0 Å². The molecule has 0 aliphatic heterocycles. The highest BCUT2D eigenvalue weighted by atomic mass is 19.1. The summed E-state index contributed by atoms with van der Waals surface area (Å²) in [4.78, 5) is 0. The third-order valence-electron chi connectivity index (χ3n) is 2.87. The zero-order valence-electron chi connectivity index (χ0n) is 13.5. The number of methoxy groups -OCH3 is 1. The fourth-order valence-electron chi connectivity index (χ4n) is 1.68. The Balaban J connectivity index is 2.52. The normalized spacial score (nSPS) is 12.9. The molecule has 1 N–H and O–H groups in total. The molecule has 114 valence electrons. The first-order chi connectivity index (χ1) is 9.83. The first-order valence-electron chi connectivity index (χ1n) is 7.08. The maximum Gasteiger partial charge on any atom is 0.165 e. The molecule has 0 amide bonds. The molecule has 0 bridgehead atoms. The summed E-state index contributed by atoms with van der Waals surface area (Å²) in [7, 11) is 1.47. The van der Waals surface area contributed by atoms with Gasteiger partial charge in [0.15, 0.2) is 11.6 Å². The number of rotatable bonds is 5. The molecule has 1 aromatic rings. The monoisotopic (exact) mass is 289 g/mol. The number of nitrogens with one attached hydrogen (secondary N) is 1. The minimum Gasteiger partial charge on any atom is -0.494 e. The molecule has 2 nitrogen and oxygen atoms in total. The van der Waals surface area contributed by atoms with E-state index in [4.69, 9.17) is 4.74 Å². The third kappa shape index (κ3) is 6.46. The topological polar surface area (TPSA) is 21.3 Å². The summed E-state index contributed by atoms with van der Waals surface area (Å²) in [5, 5.41) is 3.33. The van der Waals surface area contributed by atoms with E-state index in [1.807, 2.05) is 19.1 Å². The maximum absolute atomic E-state index is 13.3. The van der Waals surface area contributed by atoms with Gasteiger partial charge in [-0.1, -0.05) is 24.0 Å². The van der Waals surface area contributed by atoms with Gasteiger partial charge in [-0.3, -0.25) is 0 Å². The largest absolute Gasteiger partial charge is 0.494 e. The Kier molecular flexibility index (Phi) is 6.45. The van der Waals surface area contributed by atoms with Crippen LogP contribution in [0.1, 0.15) is 39.3 Å². The van der Waals surface area contributed by atoms with Crippen molar-refractivity contribution < 1.29 is 9.13 Å². The van der Waals surface area contributed by atoms with Crippen molar-refractivity contribution in [3.63, 3.8) is 0 Å². The Labute approximate surface area is 127 Å². The van der Waals surface area contributed by atoms with Gasteiger partial charge in [-0.25, -0.2) is 4.39 Å². The van der Waals surface area contributed by atoms with Crippen LogP contribution < -0.4 is 10.1 Å². The fourth-order valence-corrected chi connectivity index (χ4v) is 1.68. The quantitative estimate of drug-likeness (QED) is 0.824. The van der Waals surface area contributed by atoms with Crippen molar-refractivity contribution >= 4 is 0 Å². The van der Waals surface area contributed by atoms with Crippen LogP contribution in [0.5, 0.6) is 5.75 Å². The predicted molar refractivity (Wildman–Crippen MR) is 85.7 cm³/mol. The number of benzene rings is 1. The number of halogens is 1. The van der Waals surface area contributed by atoms with Gasteiger partial charge in [0, 0.05) is 18.0 Å². The van der Waals surface area contributed by atoms with Gasteiger partial charge in [-0.15, -0.1) is 0 Å². The standard InChI is InChI=1S/C18H24FNO/c1-14(15-9-10-16(19)17(13-15)21-5)20-12-8-6-7-11-18(2,3)4/h6,8-10,13-14,20H,12H2,1-5H3/b8-6+/t14-/m1/s1. The van der Waals surface area contributed by atoms with E-state index in [9.17, 15) is 4.39 Å². The van der Waals surface area contributed by atoms with E-state index in [-0.39, 0.29) is 23.0 Å². The molecule has 0 unspecified atom stereocenters. The van der Waals surface area contributed by atoms with Crippen molar-refractivity contribution in [3.8, 4) is 17.6 Å². The van der Waals surface area contributed by atoms with Crippen molar-refractivity contribution in [2.75, 3.05) is 13.7 Å². The molecule has 0 aliphatic rings. The maximum atomic E-state index is 13.3. The molecule has 1 atom stereocenters. The highest BCUT2D eigenvalue weighted by Crippen LogP contribution is 2.22. The van der Waals surface area contributed by atoms with Gasteiger partial charge in [-0.2, -0.15) is 0 Å². The lowest BCUT2D eigenvalue weighted by atomic mass is 9.98. The molecule has 0 radical (unpaired) electrons. The van der Waals surface area contributed by atoms with Crippen LogP contribution in [0.2, 0.25) is 0 Å². The molecular formula is C18H24FNO. The molecule has 0 saturated carbocycles. The predicted octanol–water partition coefficient (Wildman–Crippen LogP) is 4.09. The summed E-state index contributed by atoms with van der Waals surface area (Å²) in [5.41, 5.74) is 1.01. The van der Waals surface area contributed by atoms with Crippen LogP contribution in [0.3, 0.4) is 0 Å². The number of hydrogen-bond acceptors (Lipinski definition) is 2. The van der Waals surface area contributed by atoms with E-state index in [0.717, 1.165) is 5.56 Å². The first-order valence-corrected chi connectivity index (χ1v) is 7.08. The molecule has 21 heavy (non-hydrogen) atoms. The van der Waals surface area contributed by atoms with Crippen molar-refractivity contribution in [2.24, 2.45) is 5.41 Å². The van der Waals surface area contributed by atoms with Gasteiger partial charge in [0.2, 0.25) is 0 Å². The van der Waals surface area contributed by atoms with Gasteiger partial charge >= 0.3 is 0 Å². The molecular weight excluding hydrogens is 265 g/mol. The molecule has 1 rings (SSSR count). The summed E-state index contributed by atoms with van der Waals surface area (Å²) in [5.74, 6) is 6.09. The van der Waals surface area contributed by atoms with Crippen molar-refractivity contribution in [3.05, 3.63) is 41.7 Å². The average Bonchev–Trinajstić information content (AvgIpc) is 2.41. The SMILES string of the molecule is COc1cc([C@@H](C)NC/C=C/C#CC(C)(C)C)ccc1F. The highest BCUT2D eigenvalue weighted by Gasteiger charge is 2.08. The molecule has 0 spiro atoms. The second-order valence-corrected chi connectivity index (χ2v) is 5.95. The number of hydrogen-bond donors (Lipinski definition) is 1. The van der Waals surface area contributed by atoms with Crippen LogP contribution in [-0.4, -0.2) is 13.7 Å². The minimum absolute atomic E-state index is 0.0235. The van der Waals surface area contributed by atoms with Crippen LogP contribution >= 0.6 is 0 Å². The Hall–Kier alpha value is -1.79. The number of allylic oxidation sites excluding steroid dienone is 1. The van der Waals surface area contributed by atoms with E-state index in [0.29, 0.717) is 6.54 Å². The molecule has 0 aromatic heterocycles. The Bertz CT molecular complexity index is 547. The molecule has 0 heterocycles. The lowest BCUT2D eigenvalue weighted by Crippen LogP contribution is -2.18. The summed E-state index contributed by atoms with van der Waals surface area (Å²) < 4.78 is 18.3. The van der Waals surface area contributed by atoms with Crippen LogP contribution in [0.15, 0.2) is 30.4 Å². The average molecular weight is 289 g/mol. The molecule has 1 aromatic carbocycles. The van der Waals surface area contributed by atoms with Crippen molar-refractivity contribution in [2.45, 2.75) is 33.7 Å². The molecule has 0 aliphatic carbocycles. The smallest absolute Gasteiger partial charge is 0.165 e. The fraction of sp³-hybridized carbons (Fsp3) is 0.444. The second-order valence-electron chi connectivity index (χ2n) is 5.95. The van der Waals surface area contributed by atoms with Crippen LogP contribution in [0, 0.1) is 23.1 Å². The first kappa shape index (κ1) is 17.3. The minimum atomic E-state index is -0.342. The second kappa shape index (κ2) is 7.85. The number of ether oxygens (including phenoxy) is 1. The van der Waals surface area contributed by atoms with E-state index in [1.165, 1.54) is 13.2 Å². The third-order valence-corrected chi connectivity index (χ3v) is 2.87. The summed E-state index contributed by atoms with van der Waals surface area (Å²) in [6.07, 6.45) is 3.84. The zero-order valence-corrected chi connectivity index (χ0v) is 13.5. The van der Waals surface area contributed by atoms with Crippen molar-refractivity contribution in [1.82, 2.24) is 5.32 Å². The van der Waals surface area contributed by atoms with Crippen LogP contribution in [0.4, 0.5) is 4.39 Å². The lowest BCUT2D eigenvalue weighted by Gasteiger charge is -2.14. The van der Waals surface area contributed by atoms with Crippen LogP contribution in [0.25, 0.3) is 0 Å². The van der Waals surface area contributed by atoms with Gasteiger partial charge in [0.1, 0.15) is 0 Å². The summed E-state index contributed by atoms with van der Waals surface area (Å²) >= 11 is 0. The van der Waals surface area contributed by atoms with E-state index < -0.39 is 0 Å². The highest BCUT2D eigenvalue weighted by molar-refractivity contribution is 5.32. The zero-order chi connectivity index (χ0) is 15.9. The van der Waals surface area contributed by atoms with Gasteiger partial charge < -0.3 is 10.1 Å². The van der Waals surface area contributed by atoms with E-state index in [2.05, 4.69) is 37.9 Å². The van der Waals surface area contributed by atoms with Crippen molar-refractivity contribution in [1.29, 1.82) is 0 Å². The Morgan fingerprint density at radius 3 is 2.71 bits per heavy atom.